The van der Waals surface area contributed by atoms with Gasteiger partial charge in [-0.25, -0.2) is 9.97 Å². The van der Waals surface area contributed by atoms with E-state index in [1.165, 1.54) is 0 Å². The summed E-state index contributed by atoms with van der Waals surface area (Å²) in [5.41, 5.74) is 1.22. The largest absolute Gasteiger partial charge is 0.389 e. The fourth-order valence-corrected chi connectivity index (χ4v) is 3.39. The van der Waals surface area contributed by atoms with Crippen LogP contribution in [0.1, 0.15) is 26.5 Å². The van der Waals surface area contributed by atoms with Gasteiger partial charge in [0.05, 0.1) is 5.60 Å². The van der Waals surface area contributed by atoms with Crippen LogP contribution in [0.3, 0.4) is 0 Å². The van der Waals surface area contributed by atoms with Gasteiger partial charge in [-0.1, -0.05) is 0 Å². The molecule has 0 bridgehead atoms. The number of hydrogen-bond donors (Lipinski definition) is 1. The van der Waals surface area contributed by atoms with Gasteiger partial charge in [0.2, 0.25) is 0 Å². The Morgan fingerprint density at radius 1 is 1.28 bits per heavy atom. The van der Waals surface area contributed by atoms with Crippen molar-refractivity contribution in [2.24, 2.45) is 0 Å². The molecule has 1 unspecified atom stereocenters. The smallest absolute Gasteiger partial charge is 0.163 e. The van der Waals surface area contributed by atoms with Gasteiger partial charge in [0.15, 0.2) is 5.82 Å². The summed E-state index contributed by atoms with van der Waals surface area (Å²) in [5, 5.41) is 10.1. The molecule has 3 heterocycles. The lowest BCUT2D eigenvalue weighted by atomic mass is 10.1. The van der Waals surface area contributed by atoms with Crippen molar-refractivity contribution in [1.29, 1.82) is 0 Å². The van der Waals surface area contributed by atoms with Crippen LogP contribution < -0.4 is 4.90 Å². The van der Waals surface area contributed by atoms with Crippen molar-refractivity contribution in [3.05, 3.63) is 36.3 Å². The molecule has 2 aromatic rings. The fourth-order valence-electron chi connectivity index (χ4n) is 3.39. The summed E-state index contributed by atoms with van der Waals surface area (Å²) >= 11 is 0. The molecule has 0 aromatic carbocycles. The van der Waals surface area contributed by atoms with Crippen LogP contribution in [0.25, 0.3) is 11.4 Å². The Balaban J connectivity index is 1.80. The molecule has 0 aliphatic carbocycles. The second-order valence-corrected chi connectivity index (χ2v) is 7.52. The molecule has 6 heteroatoms. The van der Waals surface area contributed by atoms with E-state index in [1.807, 2.05) is 39.0 Å². The quantitative estimate of drug-likeness (QED) is 0.919. The minimum atomic E-state index is -0.666. The maximum Gasteiger partial charge on any atom is 0.163 e. The van der Waals surface area contributed by atoms with Crippen molar-refractivity contribution in [3.8, 4) is 11.4 Å². The first-order valence-electron chi connectivity index (χ1n) is 8.79. The number of aliphatic hydroxyl groups is 1. The summed E-state index contributed by atoms with van der Waals surface area (Å²) in [5.74, 6) is 1.68. The Bertz CT molecular complexity index is 713. The molecule has 1 saturated heterocycles. The van der Waals surface area contributed by atoms with E-state index in [9.17, 15) is 5.11 Å². The number of β-amino-alcohol motifs (C(OH)–C–C–N with tert-alkyl or cyclic N) is 1. The van der Waals surface area contributed by atoms with Gasteiger partial charge >= 0.3 is 0 Å². The van der Waals surface area contributed by atoms with E-state index in [0.717, 1.165) is 36.7 Å². The highest BCUT2D eigenvalue weighted by Crippen LogP contribution is 2.23. The lowest BCUT2D eigenvalue weighted by Crippen LogP contribution is -2.55. The van der Waals surface area contributed by atoms with E-state index in [0.29, 0.717) is 18.4 Å². The predicted molar refractivity (Wildman–Crippen MR) is 99.5 cm³/mol. The molecule has 25 heavy (non-hydrogen) atoms. The molecule has 1 fully saturated rings. The first-order valence-corrected chi connectivity index (χ1v) is 8.79. The van der Waals surface area contributed by atoms with Crippen molar-refractivity contribution in [2.75, 3.05) is 31.1 Å². The highest BCUT2D eigenvalue weighted by Gasteiger charge is 2.28. The monoisotopic (exact) mass is 341 g/mol. The molecular weight excluding hydrogens is 314 g/mol. The Hall–Kier alpha value is -2.05. The second-order valence-electron chi connectivity index (χ2n) is 7.52. The SMILES string of the molecule is Cc1cc(N2CCN(CC(C)(C)O)CC2C)nc(-c2cccnc2)n1. The lowest BCUT2D eigenvalue weighted by Gasteiger charge is -2.42. The molecule has 134 valence electrons. The van der Waals surface area contributed by atoms with E-state index in [1.54, 1.807) is 12.4 Å². The molecule has 1 aliphatic heterocycles. The molecule has 6 nitrogen and oxygen atoms in total. The second kappa shape index (κ2) is 7.06. The van der Waals surface area contributed by atoms with Crippen LogP contribution in [-0.4, -0.2) is 62.8 Å². The van der Waals surface area contributed by atoms with Crippen molar-refractivity contribution >= 4 is 5.82 Å². The average Bonchev–Trinajstić information content (AvgIpc) is 2.53. The van der Waals surface area contributed by atoms with Gasteiger partial charge in [-0.05, 0) is 39.8 Å². The van der Waals surface area contributed by atoms with Crippen LogP contribution in [0.5, 0.6) is 0 Å². The third-order valence-corrected chi connectivity index (χ3v) is 4.38. The Labute approximate surface area is 149 Å². The summed E-state index contributed by atoms with van der Waals surface area (Å²) in [6, 6.07) is 6.25. The Morgan fingerprint density at radius 3 is 2.72 bits per heavy atom. The number of nitrogens with zero attached hydrogens (tertiary/aromatic N) is 5. The van der Waals surface area contributed by atoms with Gasteiger partial charge < -0.3 is 10.0 Å². The number of piperazine rings is 1. The van der Waals surface area contributed by atoms with Crippen molar-refractivity contribution in [3.63, 3.8) is 0 Å². The van der Waals surface area contributed by atoms with Gasteiger partial charge in [0.25, 0.3) is 0 Å². The van der Waals surface area contributed by atoms with Crippen LogP contribution in [-0.2, 0) is 0 Å². The number of aromatic nitrogens is 3. The van der Waals surface area contributed by atoms with Crippen molar-refractivity contribution < 1.29 is 5.11 Å². The fraction of sp³-hybridized carbons (Fsp3) is 0.526. The maximum atomic E-state index is 10.1. The third kappa shape index (κ3) is 4.52. The predicted octanol–water partition coefficient (Wildman–Crippen LogP) is 2.13. The van der Waals surface area contributed by atoms with Crippen LogP contribution >= 0.6 is 0 Å². The molecule has 1 aliphatic rings. The number of hydrogen-bond acceptors (Lipinski definition) is 6. The number of pyridine rings is 1. The molecular formula is C19H27N5O. The summed E-state index contributed by atoms with van der Waals surface area (Å²) in [6.45, 7) is 11.3. The first kappa shape index (κ1) is 17.8. The van der Waals surface area contributed by atoms with E-state index >= 15 is 0 Å². The van der Waals surface area contributed by atoms with E-state index in [4.69, 9.17) is 4.98 Å². The van der Waals surface area contributed by atoms with Gasteiger partial charge in [0, 0.05) is 61.9 Å². The lowest BCUT2D eigenvalue weighted by molar-refractivity contribution is 0.0307. The highest BCUT2D eigenvalue weighted by molar-refractivity contribution is 5.57. The molecule has 1 N–H and O–H groups in total. The van der Waals surface area contributed by atoms with Gasteiger partial charge in [-0.15, -0.1) is 0 Å². The maximum absolute atomic E-state index is 10.1. The first-order chi connectivity index (χ1) is 11.8. The summed E-state index contributed by atoms with van der Waals surface area (Å²) < 4.78 is 0. The third-order valence-electron chi connectivity index (χ3n) is 4.38. The van der Waals surface area contributed by atoms with E-state index in [2.05, 4.69) is 26.7 Å². The zero-order valence-corrected chi connectivity index (χ0v) is 15.5. The molecule has 3 rings (SSSR count). The minimum absolute atomic E-state index is 0.326. The van der Waals surface area contributed by atoms with Crippen LogP contribution in [0.2, 0.25) is 0 Å². The minimum Gasteiger partial charge on any atom is -0.389 e. The molecule has 0 spiro atoms. The van der Waals surface area contributed by atoms with Crippen LogP contribution in [0, 0.1) is 6.92 Å². The van der Waals surface area contributed by atoms with Crippen molar-refractivity contribution in [2.45, 2.75) is 39.3 Å². The average molecular weight is 341 g/mol. The number of anilines is 1. The highest BCUT2D eigenvalue weighted by atomic mass is 16.3. The standard InChI is InChI=1S/C19H27N5O/c1-14-10-17(22-18(21-14)16-6-5-7-20-11-16)24-9-8-23(12-15(24)2)13-19(3,4)25/h5-7,10-11,15,25H,8-9,12-13H2,1-4H3. The van der Waals surface area contributed by atoms with Gasteiger partial charge in [-0.3, -0.25) is 9.88 Å². The van der Waals surface area contributed by atoms with E-state index in [-0.39, 0.29) is 0 Å². The molecule has 2 aromatic heterocycles. The topological polar surface area (TPSA) is 65.4 Å². The number of aryl methyl sites for hydroxylation is 1. The Kier molecular flexibility index (Phi) is 5.01. The van der Waals surface area contributed by atoms with Gasteiger partial charge in [0.1, 0.15) is 5.82 Å². The number of rotatable bonds is 4. The van der Waals surface area contributed by atoms with Crippen molar-refractivity contribution in [1.82, 2.24) is 19.9 Å². The molecule has 0 radical (unpaired) electrons. The molecule has 0 amide bonds. The normalized spacial score (nSPS) is 19.2. The molecule has 0 saturated carbocycles. The summed E-state index contributed by atoms with van der Waals surface area (Å²) in [4.78, 5) is 18.2. The Morgan fingerprint density at radius 2 is 2.08 bits per heavy atom. The zero-order chi connectivity index (χ0) is 18.0. The molecule has 1 atom stereocenters. The van der Waals surface area contributed by atoms with Crippen LogP contribution in [0.4, 0.5) is 5.82 Å². The van der Waals surface area contributed by atoms with Gasteiger partial charge in [-0.2, -0.15) is 0 Å². The van der Waals surface area contributed by atoms with E-state index < -0.39 is 5.60 Å². The zero-order valence-electron chi connectivity index (χ0n) is 15.5. The van der Waals surface area contributed by atoms with Crippen LogP contribution in [0.15, 0.2) is 30.6 Å². The summed E-state index contributed by atoms with van der Waals surface area (Å²) in [6.07, 6.45) is 3.55. The summed E-state index contributed by atoms with van der Waals surface area (Å²) in [7, 11) is 0.